The van der Waals surface area contributed by atoms with Crippen molar-refractivity contribution in [3.8, 4) is 11.3 Å². The minimum Gasteiger partial charge on any atom is -0.391 e. The molecular formula is C20H20N2OS. The van der Waals surface area contributed by atoms with Gasteiger partial charge in [0.1, 0.15) is 0 Å². The fraction of sp³-hybridized carbons (Fsp3) is 0.250. The van der Waals surface area contributed by atoms with E-state index in [0.29, 0.717) is 0 Å². The van der Waals surface area contributed by atoms with E-state index >= 15 is 0 Å². The SMILES string of the molecule is Cc1ccc(-c2csc(NC3c4ccccc4CCC3O)n2)cc1. The molecule has 0 amide bonds. The highest BCUT2D eigenvalue weighted by Gasteiger charge is 2.28. The van der Waals surface area contributed by atoms with Gasteiger partial charge in [-0.25, -0.2) is 4.98 Å². The Morgan fingerprint density at radius 1 is 1.12 bits per heavy atom. The summed E-state index contributed by atoms with van der Waals surface area (Å²) in [6.45, 7) is 2.08. The Balaban J connectivity index is 1.59. The van der Waals surface area contributed by atoms with Gasteiger partial charge in [0, 0.05) is 10.9 Å². The standard InChI is InChI=1S/C20H20N2OS/c1-13-6-8-15(9-7-13)17-12-24-20(21-17)22-19-16-5-3-2-4-14(16)10-11-18(19)23/h2-9,12,18-19,23H,10-11H2,1H3,(H,21,22). The van der Waals surface area contributed by atoms with Crippen LogP contribution in [0.4, 0.5) is 5.13 Å². The van der Waals surface area contributed by atoms with Gasteiger partial charge in [0.05, 0.1) is 17.8 Å². The molecular weight excluding hydrogens is 316 g/mol. The second-order valence-electron chi connectivity index (χ2n) is 6.33. The van der Waals surface area contributed by atoms with Gasteiger partial charge in [-0.1, -0.05) is 54.1 Å². The third-order valence-corrected chi connectivity index (χ3v) is 5.39. The molecule has 0 radical (unpaired) electrons. The minimum absolute atomic E-state index is 0.0908. The van der Waals surface area contributed by atoms with Crippen LogP contribution in [0.2, 0.25) is 0 Å². The number of aromatic nitrogens is 1. The molecule has 0 saturated heterocycles. The highest BCUT2D eigenvalue weighted by molar-refractivity contribution is 7.14. The Bertz CT molecular complexity index is 841. The number of aliphatic hydroxyl groups is 1. The molecule has 4 heteroatoms. The van der Waals surface area contributed by atoms with Crippen LogP contribution in [0.1, 0.15) is 29.2 Å². The zero-order valence-corrected chi connectivity index (χ0v) is 14.4. The number of hydrogen-bond donors (Lipinski definition) is 2. The van der Waals surface area contributed by atoms with Crippen LogP contribution in [0.3, 0.4) is 0 Å². The van der Waals surface area contributed by atoms with Crippen molar-refractivity contribution in [3.63, 3.8) is 0 Å². The second kappa shape index (κ2) is 6.38. The van der Waals surface area contributed by atoms with Crippen LogP contribution in [-0.2, 0) is 6.42 Å². The minimum atomic E-state index is -0.383. The molecule has 1 heterocycles. The van der Waals surface area contributed by atoms with Crippen molar-refractivity contribution in [2.45, 2.75) is 31.9 Å². The van der Waals surface area contributed by atoms with E-state index in [4.69, 9.17) is 4.98 Å². The Morgan fingerprint density at radius 2 is 1.92 bits per heavy atom. The van der Waals surface area contributed by atoms with Gasteiger partial charge in [0.2, 0.25) is 0 Å². The molecule has 3 nitrogen and oxygen atoms in total. The summed E-state index contributed by atoms with van der Waals surface area (Å²) in [5, 5.41) is 16.8. The number of anilines is 1. The molecule has 1 aliphatic rings. The lowest BCUT2D eigenvalue weighted by atomic mass is 9.86. The summed E-state index contributed by atoms with van der Waals surface area (Å²) >= 11 is 1.59. The maximum atomic E-state index is 10.4. The predicted molar refractivity (Wildman–Crippen MR) is 99.4 cm³/mol. The quantitative estimate of drug-likeness (QED) is 0.736. The van der Waals surface area contributed by atoms with Gasteiger partial charge in [-0.05, 0) is 30.9 Å². The van der Waals surface area contributed by atoms with Gasteiger partial charge in [-0.15, -0.1) is 11.3 Å². The fourth-order valence-corrected chi connectivity index (χ4v) is 4.00. The molecule has 122 valence electrons. The van der Waals surface area contributed by atoms with E-state index in [1.165, 1.54) is 16.7 Å². The predicted octanol–water partition coefficient (Wildman–Crippen LogP) is 4.58. The molecule has 0 saturated carbocycles. The molecule has 0 fully saturated rings. The molecule has 1 aliphatic carbocycles. The number of nitrogens with zero attached hydrogens (tertiary/aromatic N) is 1. The number of nitrogens with one attached hydrogen (secondary N) is 1. The summed E-state index contributed by atoms with van der Waals surface area (Å²) < 4.78 is 0. The molecule has 0 aliphatic heterocycles. The molecule has 2 unspecified atom stereocenters. The lowest BCUT2D eigenvalue weighted by Gasteiger charge is -2.30. The molecule has 0 bridgehead atoms. The van der Waals surface area contributed by atoms with Crippen LogP contribution in [0.15, 0.2) is 53.9 Å². The third-order valence-electron chi connectivity index (χ3n) is 4.61. The number of thiazole rings is 1. The number of aryl methyl sites for hydroxylation is 2. The average molecular weight is 336 g/mol. The zero-order chi connectivity index (χ0) is 16.5. The van der Waals surface area contributed by atoms with Crippen molar-refractivity contribution in [2.75, 3.05) is 5.32 Å². The molecule has 4 rings (SSSR count). The monoisotopic (exact) mass is 336 g/mol. The van der Waals surface area contributed by atoms with E-state index in [0.717, 1.165) is 29.2 Å². The van der Waals surface area contributed by atoms with Crippen molar-refractivity contribution >= 4 is 16.5 Å². The Hall–Kier alpha value is -2.17. The van der Waals surface area contributed by atoms with E-state index in [1.54, 1.807) is 11.3 Å². The first-order valence-electron chi connectivity index (χ1n) is 8.26. The van der Waals surface area contributed by atoms with E-state index in [2.05, 4.69) is 60.1 Å². The van der Waals surface area contributed by atoms with Gasteiger partial charge in [0.15, 0.2) is 5.13 Å². The van der Waals surface area contributed by atoms with Crippen LogP contribution in [-0.4, -0.2) is 16.2 Å². The van der Waals surface area contributed by atoms with E-state index < -0.39 is 0 Å². The summed E-state index contributed by atoms with van der Waals surface area (Å²) in [5.74, 6) is 0. The fourth-order valence-electron chi connectivity index (χ4n) is 3.25. The number of fused-ring (bicyclic) bond motifs is 1. The smallest absolute Gasteiger partial charge is 0.183 e. The van der Waals surface area contributed by atoms with Gasteiger partial charge in [-0.2, -0.15) is 0 Å². The summed E-state index contributed by atoms with van der Waals surface area (Å²) in [5.41, 5.74) is 5.84. The zero-order valence-electron chi connectivity index (χ0n) is 13.6. The largest absolute Gasteiger partial charge is 0.391 e. The van der Waals surface area contributed by atoms with Crippen molar-refractivity contribution in [1.29, 1.82) is 0 Å². The van der Waals surface area contributed by atoms with Crippen molar-refractivity contribution in [2.24, 2.45) is 0 Å². The van der Waals surface area contributed by atoms with E-state index in [9.17, 15) is 5.11 Å². The van der Waals surface area contributed by atoms with E-state index in [1.807, 2.05) is 6.07 Å². The third kappa shape index (κ3) is 2.95. The van der Waals surface area contributed by atoms with Gasteiger partial charge < -0.3 is 10.4 Å². The maximum Gasteiger partial charge on any atom is 0.183 e. The summed E-state index contributed by atoms with van der Waals surface area (Å²) in [4.78, 5) is 4.71. The molecule has 2 atom stereocenters. The van der Waals surface area contributed by atoms with Gasteiger partial charge >= 0.3 is 0 Å². The maximum absolute atomic E-state index is 10.4. The first-order valence-corrected chi connectivity index (χ1v) is 9.13. The number of rotatable bonds is 3. The average Bonchev–Trinajstić information content (AvgIpc) is 3.07. The van der Waals surface area contributed by atoms with Crippen molar-refractivity contribution in [1.82, 2.24) is 4.98 Å². The molecule has 2 aromatic carbocycles. The first kappa shape index (κ1) is 15.4. The Morgan fingerprint density at radius 3 is 2.75 bits per heavy atom. The summed E-state index contributed by atoms with van der Waals surface area (Å²) in [7, 11) is 0. The van der Waals surface area contributed by atoms with Crippen LogP contribution in [0.25, 0.3) is 11.3 Å². The molecule has 24 heavy (non-hydrogen) atoms. The van der Waals surface area contributed by atoms with Crippen molar-refractivity contribution in [3.05, 3.63) is 70.6 Å². The van der Waals surface area contributed by atoms with Crippen LogP contribution in [0, 0.1) is 6.92 Å². The highest BCUT2D eigenvalue weighted by Crippen LogP contribution is 2.34. The highest BCUT2D eigenvalue weighted by atomic mass is 32.1. The molecule has 1 aromatic heterocycles. The lowest BCUT2D eigenvalue weighted by Crippen LogP contribution is -2.30. The Labute approximate surface area is 146 Å². The summed E-state index contributed by atoms with van der Waals surface area (Å²) in [6, 6.07) is 16.6. The lowest BCUT2D eigenvalue weighted by molar-refractivity contribution is 0.135. The number of benzene rings is 2. The first-order chi connectivity index (χ1) is 11.7. The number of aliphatic hydroxyl groups excluding tert-OH is 1. The van der Waals surface area contributed by atoms with Gasteiger partial charge in [-0.3, -0.25) is 0 Å². The molecule has 0 spiro atoms. The van der Waals surface area contributed by atoms with Crippen LogP contribution >= 0.6 is 11.3 Å². The Kier molecular flexibility index (Phi) is 4.08. The van der Waals surface area contributed by atoms with Crippen LogP contribution < -0.4 is 5.32 Å². The second-order valence-corrected chi connectivity index (χ2v) is 7.19. The van der Waals surface area contributed by atoms with Gasteiger partial charge in [0.25, 0.3) is 0 Å². The summed E-state index contributed by atoms with van der Waals surface area (Å²) in [6.07, 6.45) is 1.33. The van der Waals surface area contributed by atoms with Crippen LogP contribution in [0.5, 0.6) is 0 Å². The van der Waals surface area contributed by atoms with E-state index in [-0.39, 0.29) is 12.1 Å². The van der Waals surface area contributed by atoms with Crippen molar-refractivity contribution < 1.29 is 5.11 Å². The number of hydrogen-bond acceptors (Lipinski definition) is 4. The molecule has 2 N–H and O–H groups in total. The molecule has 3 aromatic rings. The topological polar surface area (TPSA) is 45.1 Å². The normalized spacial score (nSPS) is 19.8.